The first kappa shape index (κ1) is 17.6. The summed E-state index contributed by atoms with van der Waals surface area (Å²) in [5.41, 5.74) is 7.38. The van der Waals surface area contributed by atoms with Gasteiger partial charge in [0.15, 0.2) is 0 Å². The number of anilines is 1. The molecule has 0 fully saturated rings. The monoisotopic (exact) mass is 293 g/mol. The first-order chi connectivity index (χ1) is 10.1. The molecule has 4 N–H and O–H groups in total. The molecular formula is C16H27N3O2. The van der Waals surface area contributed by atoms with Crippen LogP contribution in [-0.2, 0) is 11.3 Å². The van der Waals surface area contributed by atoms with Gasteiger partial charge in [0.2, 0.25) is 5.91 Å². The highest BCUT2D eigenvalue weighted by atomic mass is 16.2. The molecule has 0 bridgehead atoms. The number of hydrogen-bond acceptors (Lipinski definition) is 4. The number of hydrogen-bond donors (Lipinski definition) is 3. The van der Waals surface area contributed by atoms with E-state index < -0.39 is 0 Å². The van der Waals surface area contributed by atoms with E-state index in [1.54, 1.807) is 0 Å². The summed E-state index contributed by atoms with van der Waals surface area (Å²) in [6.07, 6.45) is 2.79. The Bertz CT molecular complexity index is 420. The van der Waals surface area contributed by atoms with E-state index in [4.69, 9.17) is 10.8 Å². The predicted octanol–water partition coefficient (Wildman–Crippen LogP) is 1.57. The van der Waals surface area contributed by atoms with Crippen LogP contribution < -0.4 is 11.1 Å². The molecule has 0 saturated carbocycles. The Morgan fingerprint density at radius 2 is 1.95 bits per heavy atom. The Hall–Kier alpha value is -1.43. The second-order valence-electron chi connectivity index (χ2n) is 5.33. The van der Waals surface area contributed by atoms with Crippen molar-refractivity contribution in [2.75, 3.05) is 25.5 Å². The summed E-state index contributed by atoms with van der Waals surface area (Å²) in [5.74, 6) is -0.0137. The van der Waals surface area contributed by atoms with Gasteiger partial charge < -0.3 is 16.2 Å². The second-order valence-corrected chi connectivity index (χ2v) is 5.33. The zero-order valence-electron chi connectivity index (χ0n) is 13.0. The Labute approximate surface area is 127 Å². The summed E-state index contributed by atoms with van der Waals surface area (Å²) in [6, 6.07) is 7.38. The molecule has 0 aliphatic rings. The lowest BCUT2D eigenvalue weighted by atomic mass is 10.2. The molecule has 0 aromatic heterocycles. The fraction of sp³-hybridized carbons (Fsp3) is 0.562. The molecule has 1 aromatic rings. The Morgan fingerprint density at radius 3 is 2.52 bits per heavy atom. The Kier molecular flexibility index (Phi) is 7.97. The van der Waals surface area contributed by atoms with Crippen molar-refractivity contribution >= 4 is 11.6 Å². The van der Waals surface area contributed by atoms with Gasteiger partial charge in [-0.1, -0.05) is 12.1 Å². The summed E-state index contributed by atoms with van der Waals surface area (Å²) in [7, 11) is 1.95. The van der Waals surface area contributed by atoms with Crippen LogP contribution in [0.2, 0.25) is 0 Å². The van der Waals surface area contributed by atoms with Gasteiger partial charge in [0.05, 0.1) is 6.04 Å². The molecule has 1 rings (SSSR count). The molecule has 0 aliphatic carbocycles. The Balaban J connectivity index is 2.41. The zero-order valence-corrected chi connectivity index (χ0v) is 13.0. The average molecular weight is 293 g/mol. The van der Waals surface area contributed by atoms with Crippen molar-refractivity contribution in [3.63, 3.8) is 0 Å². The minimum absolute atomic E-state index is 0.0137. The van der Waals surface area contributed by atoms with Crippen LogP contribution in [0.4, 0.5) is 5.69 Å². The van der Waals surface area contributed by atoms with Crippen LogP contribution in [0.15, 0.2) is 24.3 Å². The maximum absolute atomic E-state index is 12.2. The van der Waals surface area contributed by atoms with E-state index in [2.05, 4.69) is 5.32 Å². The van der Waals surface area contributed by atoms with Crippen LogP contribution >= 0.6 is 0 Å². The fourth-order valence-electron chi connectivity index (χ4n) is 2.01. The average Bonchev–Trinajstić information content (AvgIpc) is 2.51. The third-order valence-electron chi connectivity index (χ3n) is 3.67. The SMILES string of the molecule is CC(C(=O)Nc1ccc(CN)cc1)N(C)CCCCCO. The standard InChI is InChI=1S/C16H27N3O2/c1-13(19(2)10-4-3-5-11-20)16(21)18-15-8-6-14(12-17)7-9-15/h6-9,13,20H,3-5,10-12,17H2,1-2H3,(H,18,21). The molecule has 1 unspecified atom stereocenters. The number of aliphatic hydroxyl groups is 1. The number of nitrogens with one attached hydrogen (secondary N) is 1. The normalized spacial score (nSPS) is 12.4. The fourth-order valence-corrected chi connectivity index (χ4v) is 2.01. The number of unbranched alkanes of at least 4 members (excludes halogenated alkanes) is 2. The van der Waals surface area contributed by atoms with Crippen LogP contribution in [0.1, 0.15) is 31.7 Å². The van der Waals surface area contributed by atoms with E-state index in [0.29, 0.717) is 6.54 Å². The minimum atomic E-state index is -0.187. The number of nitrogens with two attached hydrogens (primary N) is 1. The molecule has 21 heavy (non-hydrogen) atoms. The van der Waals surface area contributed by atoms with Gasteiger partial charge in [-0.2, -0.15) is 0 Å². The number of benzene rings is 1. The highest BCUT2D eigenvalue weighted by Crippen LogP contribution is 2.11. The molecule has 1 atom stereocenters. The summed E-state index contributed by atoms with van der Waals surface area (Å²) >= 11 is 0. The molecule has 1 aromatic carbocycles. The number of rotatable bonds is 9. The smallest absolute Gasteiger partial charge is 0.241 e. The van der Waals surface area contributed by atoms with Crippen molar-refractivity contribution in [3.05, 3.63) is 29.8 Å². The third kappa shape index (κ3) is 6.25. The van der Waals surface area contributed by atoms with E-state index >= 15 is 0 Å². The van der Waals surface area contributed by atoms with Gasteiger partial charge in [0, 0.05) is 18.8 Å². The van der Waals surface area contributed by atoms with Gasteiger partial charge in [-0.3, -0.25) is 9.69 Å². The summed E-state index contributed by atoms with van der Waals surface area (Å²) in [4.78, 5) is 14.2. The zero-order chi connectivity index (χ0) is 15.7. The number of amides is 1. The number of likely N-dealkylation sites (N-methyl/N-ethyl adjacent to an activating group) is 1. The lowest BCUT2D eigenvalue weighted by Gasteiger charge is -2.23. The first-order valence-corrected chi connectivity index (χ1v) is 7.49. The lowest BCUT2D eigenvalue weighted by Crippen LogP contribution is -2.40. The van der Waals surface area contributed by atoms with Crippen molar-refractivity contribution in [1.82, 2.24) is 4.90 Å². The molecule has 5 heteroatoms. The number of nitrogens with zero attached hydrogens (tertiary/aromatic N) is 1. The quantitative estimate of drug-likeness (QED) is 0.604. The van der Waals surface area contributed by atoms with Crippen LogP contribution in [0.3, 0.4) is 0 Å². The van der Waals surface area contributed by atoms with E-state index in [-0.39, 0.29) is 18.6 Å². The van der Waals surface area contributed by atoms with Crippen molar-refractivity contribution in [2.24, 2.45) is 5.73 Å². The maximum atomic E-state index is 12.2. The molecule has 0 radical (unpaired) electrons. The first-order valence-electron chi connectivity index (χ1n) is 7.49. The van der Waals surface area contributed by atoms with E-state index in [9.17, 15) is 4.79 Å². The van der Waals surface area contributed by atoms with Crippen LogP contribution in [0, 0.1) is 0 Å². The van der Waals surface area contributed by atoms with Crippen LogP contribution in [0.5, 0.6) is 0 Å². The van der Waals surface area contributed by atoms with E-state index in [1.165, 1.54) is 0 Å². The number of carbonyl (C=O) groups is 1. The predicted molar refractivity (Wildman–Crippen MR) is 86.0 cm³/mol. The summed E-state index contributed by atoms with van der Waals surface area (Å²) in [5, 5.41) is 11.7. The molecule has 0 saturated heterocycles. The maximum Gasteiger partial charge on any atom is 0.241 e. The van der Waals surface area contributed by atoms with Crippen molar-refractivity contribution in [1.29, 1.82) is 0 Å². The molecule has 0 spiro atoms. The van der Waals surface area contributed by atoms with Crippen molar-refractivity contribution in [2.45, 2.75) is 38.8 Å². The van der Waals surface area contributed by atoms with Crippen LogP contribution in [-0.4, -0.2) is 42.2 Å². The molecule has 0 heterocycles. The topological polar surface area (TPSA) is 78.6 Å². The second kappa shape index (κ2) is 9.50. The van der Waals surface area contributed by atoms with Gasteiger partial charge in [-0.15, -0.1) is 0 Å². The van der Waals surface area contributed by atoms with Gasteiger partial charge in [0.1, 0.15) is 0 Å². The highest BCUT2D eigenvalue weighted by molar-refractivity contribution is 5.94. The largest absolute Gasteiger partial charge is 0.396 e. The Morgan fingerprint density at radius 1 is 1.29 bits per heavy atom. The molecular weight excluding hydrogens is 266 g/mol. The van der Waals surface area contributed by atoms with Crippen LogP contribution in [0.25, 0.3) is 0 Å². The van der Waals surface area contributed by atoms with Gasteiger partial charge in [-0.05, 0) is 57.5 Å². The summed E-state index contributed by atoms with van der Waals surface area (Å²) in [6.45, 7) is 3.48. The third-order valence-corrected chi connectivity index (χ3v) is 3.67. The minimum Gasteiger partial charge on any atom is -0.396 e. The van der Waals surface area contributed by atoms with Crippen molar-refractivity contribution < 1.29 is 9.90 Å². The highest BCUT2D eigenvalue weighted by Gasteiger charge is 2.17. The van der Waals surface area contributed by atoms with Gasteiger partial charge >= 0.3 is 0 Å². The van der Waals surface area contributed by atoms with Crippen molar-refractivity contribution in [3.8, 4) is 0 Å². The lowest BCUT2D eigenvalue weighted by molar-refractivity contribution is -0.120. The van der Waals surface area contributed by atoms with E-state index in [1.807, 2.05) is 43.1 Å². The molecule has 1 amide bonds. The summed E-state index contributed by atoms with van der Waals surface area (Å²) < 4.78 is 0. The van der Waals surface area contributed by atoms with Gasteiger partial charge in [-0.25, -0.2) is 0 Å². The number of aliphatic hydroxyl groups excluding tert-OH is 1. The van der Waals surface area contributed by atoms with Gasteiger partial charge in [0.25, 0.3) is 0 Å². The molecule has 5 nitrogen and oxygen atoms in total. The molecule has 118 valence electrons. The number of carbonyl (C=O) groups excluding carboxylic acids is 1. The van der Waals surface area contributed by atoms with E-state index in [0.717, 1.165) is 37.1 Å². The molecule has 0 aliphatic heterocycles.